The molecular formula is C35H59NO3. The average Bonchev–Trinajstić information content (AvgIpc) is 2.94. The van der Waals surface area contributed by atoms with Crippen LogP contribution in [0.4, 0.5) is 0 Å². The van der Waals surface area contributed by atoms with Crippen LogP contribution in [0, 0.1) is 0 Å². The number of hydrogen-bond donors (Lipinski definition) is 3. The van der Waals surface area contributed by atoms with Gasteiger partial charge in [-0.15, -0.1) is 0 Å². The van der Waals surface area contributed by atoms with Crippen molar-refractivity contribution in [2.24, 2.45) is 0 Å². The number of nitrogens with one attached hydrogen (secondary N) is 1. The molecule has 0 rings (SSSR count). The van der Waals surface area contributed by atoms with Crippen LogP contribution in [-0.4, -0.2) is 34.9 Å². The summed E-state index contributed by atoms with van der Waals surface area (Å²) >= 11 is 0. The van der Waals surface area contributed by atoms with E-state index in [0.717, 1.165) is 77.0 Å². The van der Waals surface area contributed by atoms with Crippen molar-refractivity contribution < 1.29 is 15.0 Å². The van der Waals surface area contributed by atoms with Gasteiger partial charge in [-0.3, -0.25) is 4.79 Å². The first kappa shape index (κ1) is 36.8. The smallest absolute Gasteiger partial charge is 0.220 e. The zero-order chi connectivity index (χ0) is 28.7. The maximum atomic E-state index is 12.2. The van der Waals surface area contributed by atoms with Gasteiger partial charge < -0.3 is 15.5 Å². The van der Waals surface area contributed by atoms with Gasteiger partial charge in [0, 0.05) is 6.42 Å². The first-order valence-electron chi connectivity index (χ1n) is 15.7. The van der Waals surface area contributed by atoms with Crippen LogP contribution in [0.5, 0.6) is 0 Å². The Bertz CT molecular complexity index is 717. The Balaban J connectivity index is 3.81. The monoisotopic (exact) mass is 541 g/mol. The van der Waals surface area contributed by atoms with Crippen LogP contribution in [0.25, 0.3) is 0 Å². The second-order valence-corrected chi connectivity index (χ2v) is 10.1. The molecule has 39 heavy (non-hydrogen) atoms. The van der Waals surface area contributed by atoms with Crippen molar-refractivity contribution >= 4 is 5.91 Å². The molecule has 222 valence electrons. The Morgan fingerprint density at radius 3 is 1.77 bits per heavy atom. The second-order valence-electron chi connectivity index (χ2n) is 10.1. The molecule has 4 heteroatoms. The second kappa shape index (κ2) is 30.4. The van der Waals surface area contributed by atoms with Crippen molar-refractivity contribution in [3.05, 3.63) is 72.9 Å². The van der Waals surface area contributed by atoms with Gasteiger partial charge in [-0.1, -0.05) is 119 Å². The highest BCUT2D eigenvalue weighted by atomic mass is 16.3. The van der Waals surface area contributed by atoms with Gasteiger partial charge in [-0.05, 0) is 70.6 Å². The molecule has 0 heterocycles. The molecule has 1 amide bonds. The Labute approximate surface area is 240 Å². The molecule has 0 fully saturated rings. The summed E-state index contributed by atoms with van der Waals surface area (Å²) < 4.78 is 0. The summed E-state index contributed by atoms with van der Waals surface area (Å²) in [6, 6.07) is -0.652. The molecule has 0 saturated heterocycles. The predicted molar refractivity (Wildman–Crippen MR) is 170 cm³/mol. The lowest BCUT2D eigenvalue weighted by Crippen LogP contribution is -2.45. The maximum Gasteiger partial charge on any atom is 0.220 e. The van der Waals surface area contributed by atoms with Crippen LogP contribution in [0.3, 0.4) is 0 Å². The molecule has 0 aromatic heterocycles. The molecule has 0 aromatic rings. The number of rotatable bonds is 26. The molecule has 4 nitrogen and oxygen atoms in total. The molecule has 0 aliphatic heterocycles. The highest BCUT2D eigenvalue weighted by molar-refractivity contribution is 5.76. The van der Waals surface area contributed by atoms with E-state index in [-0.39, 0.29) is 12.5 Å². The standard InChI is InChI=1S/C35H59NO3/c1-3-5-7-9-11-13-15-16-17-18-19-20-21-23-25-27-29-31-35(39)36-33(32-37)34(38)30-28-26-24-22-14-12-10-8-6-4-2/h5,7,11,13-14,16-17,19-20,22,28,30,33-34,37-38H,3-4,6,8-10,12,15,18,21,23-27,29,31-32H2,1-2H3,(H,36,39)/b7-5-,13-11-,17-16-,20-19-,22-14+,30-28+. The van der Waals surface area contributed by atoms with E-state index in [9.17, 15) is 15.0 Å². The third kappa shape index (κ3) is 27.2. The Kier molecular flexibility index (Phi) is 28.7. The van der Waals surface area contributed by atoms with Gasteiger partial charge in [0.1, 0.15) is 0 Å². The number of unbranched alkanes of at least 4 members (excludes halogenated alkanes) is 9. The fourth-order valence-corrected chi connectivity index (χ4v) is 4.00. The number of carbonyl (C=O) groups excluding carboxylic acids is 1. The van der Waals surface area contributed by atoms with Crippen LogP contribution >= 0.6 is 0 Å². The fourth-order valence-electron chi connectivity index (χ4n) is 4.00. The number of amides is 1. The number of aliphatic hydroxyl groups is 2. The molecule has 0 aliphatic rings. The lowest BCUT2D eigenvalue weighted by atomic mass is 10.1. The number of carbonyl (C=O) groups is 1. The molecule has 0 radical (unpaired) electrons. The number of allylic oxidation sites excluding steroid dienone is 11. The SMILES string of the molecule is CC/C=C\C/C=C\C/C=C\C/C=C\CCCCCCC(=O)NC(CO)C(O)/C=C/CC/C=C/CCCCCC. The molecule has 3 N–H and O–H groups in total. The van der Waals surface area contributed by atoms with Crippen molar-refractivity contribution in [2.75, 3.05) is 6.61 Å². The number of aliphatic hydroxyl groups excluding tert-OH is 2. The Hall–Kier alpha value is -2.17. The largest absolute Gasteiger partial charge is 0.394 e. The molecule has 0 aromatic carbocycles. The highest BCUT2D eigenvalue weighted by Crippen LogP contribution is 2.08. The van der Waals surface area contributed by atoms with Gasteiger partial charge in [0.2, 0.25) is 5.91 Å². The lowest BCUT2D eigenvalue weighted by molar-refractivity contribution is -0.123. The average molecular weight is 542 g/mol. The molecule has 0 aliphatic carbocycles. The minimum atomic E-state index is -0.872. The van der Waals surface area contributed by atoms with Gasteiger partial charge >= 0.3 is 0 Å². The molecule has 2 unspecified atom stereocenters. The summed E-state index contributed by atoms with van der Waals surface area (Å²) in [5.41, 5.74) is 0. The number of hydrogen-bond acceptors (Lipinski definition) is 3. The van der Waals surface area contributed by atoms with E-state index in [0.29, 0.717) is 6.42 Å². The summed E-state index contributed by atoms with van der Waals surface area (Å²) in [5, 5.41) is 22.7. The maximum absolute atomic E-state index is 12.2. The summed E-state index contributed by atoms with van der Waals surface area (Å²) in [6.07, 6.45) is 42.6. The van der Waals surface area contributed by atoms with Crippen molar-refractivity contribution in [3.8, 4) is 0 Å². The van der Waals surface area contributed by atoms with Gasteiger partial charge in [0.25, 0.3) is 0 Å². The lowest BCUT2D eigenvalue weighted by Gasteiger charge is -2.19. The van der Waals surface area contributed by atoms with Gasteiger partial charge in [0.15, 0.2) is 0 Å². The zero-order valence-electron chi connectivity index (χ0n) is 25.1. The normalized spacial score (nSPS) is 14.3. The van der Waals surface area contributed by atoms with Crippen LogP contribution in [0.15, 0.2) is 72.9 Å². The minimum Gasteiger partial charge on any atom is -0.394 e. The summed E-state index contributed by atoms with van der Waals surface area (Å²) in [6.45, 7) is 4.10. The van der Waals surface area contributed by atoms with Crippen molar-refractivity contribution in [2.45, 2.75) is 135 Å². The van der Waals surface area contributed by atoms with Gasteiger partial charge in [-0.2, -0.15) is 0 Å². The van der Waals surface area contributed by atoms with E-state index in [1.165, 1.54) is 25.7 Å². The predicted octanol–water partition coefficient (Wildman–Crippen LogP) is 8.83. The molecule has 2 atom stereocenters. The molecule has 0 bridgehead atoms. The van der Waals surface area contributed by atoms with E-state index in [4.69, 9.17) is 0 Å². The zero-order valence-corrected chi connectivity index (χ0v) is 25.1. The van der Waals surface area contributed by atoms with E-state index in [1.54, 1.807) is 6.08 Å². The van der Waals surface area contributed by atoms with Crippen molar-refractivity contribution in [1.29, 1.82) is 0 Å². The van der Waals surface area contributed by atoms with E-state index in [2.05, 4.69) is 79.9 Å². The Morgan fingerprint density at radius 1 is 0.641 bits per heavy atom. The quantitative estimate of drug-likeness (QED) is 0.0757. The third-order valence-electron chi connectivity index (χ3n) is 6.42. The van der Waals surface area contributed by atoms with E-state index in [1.807, 2.05) is 6.08 Å². The van der Waals surface area contributed by atoms with Crippen LogP contribution in [-0.2, 0) is 4.79 Å². The van der Waals surface area contributed by atoms with Gasteiger partial charge in [0.05, 0.1) is 18.8 Å². The third-order valence-corrected chi connectivity index (χ3v) is 6.42. The topological polar surface area (TPSA) is 69.6 Å². The Morgan fingerprint density at radius 2 is 1.15 bits per heavy atom. The van der Waals surface area contributed by atoms with Gasteiger partial charge in [-0.25, -0.2) is 0 Å². The fraction of sp³-hybridized carbons (Fsp3) is 0.629. The van der Waals surface area contributed by atoms with E-state index >= 15 is 0 Å². The summed E-state index contributed by atoms with van der Waals surface area (Å²) in [7, 11) is 0. The summed E-state index contributed by atoms with van der Waals surface area (Å²) in [5.74, 6) is -0.105. The van der Waals surface area contributed by atoms with Crippen LogP contribution < -0.4 is 5.32 Å². The summed E-state index contributed by atoms with van der Waals surface area (Å²) in [4.78, 5) is 12.2. The van der Waals surface area contributed by atoms with Crippen LogP contribution in [0.1, 0.15) is 123 Å². The molecule has 0 saturated carbocycles. The van der Waals surface area contributed by atoms with E-state index < -0.39 is 12.1 Å². The van der Waals surface area contributed by atoms with Crippen LogP contribution in [0.2, 0.25) is 0 Å². The van der Waals surface area contributed by atoms with Crippen molar-refractivity contribution in [1.82, 2.24) is 5.32 Å². The molecular weight excluding hydrogens is 482 g/mol. The molecule has 0 spiro atoms. The minimum absolute atomic E-state index is 0.105. The first-order valence-corrected chi connectivity index (χ1v) is 15.7. The first-order chi connectivity index (χ1) is 19.2. The highest BCUT2D eigenvalue weighted by Gasteiger charge is 2.17. The van der Waals surface area contributed by atoms with Crippen molar-refractivity contribution in [3.63, 3.8) is 0 Å².